The van der Waals surface area contributed by atoms with E-state index < -0.39 is 4.92 Å². The summed E-state index contributed by atoms with van der Waals surface area (Å²) in [6.07, 6.45) is 3.63. The van der Waals surface area contributed by atoms with E-state index in [2.05, 4.69) is 23.3 Å². The van der Waals surface area contributed by atoms with Crippen LogP contribution in [-0.2, 0) is 13.1 Å². The van der Waals surface area contributed by atoms with Gasteiger partial charge in [-0.15, -0.1) is 6.58 Å². The first kappa shape index (κ1) is 19.1. The Labute approximate surface area is 163 Å². The molecule has 0 aliphatic carbocycles. The van der Waals surface area contributed by atoms with Crippen LogP contribution >= 0.6 is 0 Å². The normalized spacial score (nSPS) is 10.4. The molecule has 0 fully saturated rings. The third kappa shape index (κ3) is 4.54. The first-order valence-corrected chi connectivity index (χ1v) is 8.91. The second kappa shape index (κ2) is 8.81. The minimum absolute atomic E-state index is 0.100. The molecule has 1 heterocycles. The molecule has 0 aliphatic heterocycles. The van der Waals surface area contributed by atoms with Gasteiger partial charge in [0.15, 0.2) is 0 Å². The molecule has 1 aromatic heterocycles. The number of carbonyl (C=O) groups is 1. The summed E-state index contributed by atoms with van der Waals surface area (Å²) in [4.78, 5) is 25.1. The zero-order chi connectivity index (χ0) is 19.9. The van der Waals surface area contributed by atoms with Crippen molar-refractivity contribution in [1.29, 1.82) is 0 Å². The summed E-state index contributed by atoms with van der Waals surface area (Å²) < 4.78 is 2.09. The zero-order valence-electron chi connectivity index (χ0n) is 15.4. The van der Waals surface area contributed by atoms with Gasteiger partial charge in [0.05, 0.1) is 11.5 Å². The van der Waals surface area contributed by atoms with Crippen molar-refractivity contribution in [2.75, 3.05) is 6.54 Å². The highest BCUT2D eigenvalue weighted by Gasteiger charge is 2.19. The molecule has 0 spiro atoms. The Kier molecular flexibility index (Phi) is 6.01. The lowest BCUT2D eigenvalue weighted by Gasteiger charge is -2.22. The summed E-state index contributed by atoms with van der Waals surface area (Å²) >= 11 is 0. The SMILES string of the molecule is C=CCN(Cc1cccn1Cc1ccccc1)C(=O)c1cccc([N+](=O)[O-])c1. The number of hydrogen-bond donors (Lipinski definition) is 0. The van der Waals surface area contributed by atoms with Gasteiger partial charge in [-0.25, -0.2) is 0 Å². The monoisotopic (exact) mass is 375 g/mol. The second-order valence-electron chi connectivity index (χ2n) is 6.39. The third-order valence-electron chi connectivity index (χ3n) is 4.41. The minimum atomic E-state index is -0.500. The molecule has 0 aliphatic rings. The molecule has 3 aromatic rings. The van der Waals surface area contributed by atoms with Crippen LogP contribution in [-0.4, -0.2) is 26.8 Å². The van der Waals surface area contributed by atoms with Crippen LogP contribution in [0.1, 0.15) is 21.6 Å². The molecule has 6 nitrogen and oxygen atoms in total. The highest BCUT2D eigenvalue weighted by Crippen LogP contribution is 2.17. The van der Waals surface area contributed by atoms with E-state index in [0.29, 0.717) is 19.6 Å². The lowest BCUT2D eigenvalue weighted by Crippen LogP contribution is -2.31. The molecule has 0 N–H and O–H groups in total. The number of non-ortho nitro benzene ring substituents is 1. The zero-order valence-corrected chi connectivity index (χ0v) is 15.4. The Balaban J connectivity index is 1.81. The van der Waals surface area contributed by atoms with Gasteiger partial charge in [0, 0.05) is 42.7 Å². The number of rotatable bonds is 8. The molecule has 0 atom stereocenters. The highest BCUT2D eigenvalue weighted by atomic mass is 16.6. The molecule has 6 heteroatoms. The van der Waals surface area contributed by atoms with Crippen molar-refractivity contribution in [2.24, 2.45) is 0 Å². The van der Waals surface area contributed by atoms with Crippen molar-refractivity contribution >= 4 is 11.6 Å². The predicted molar refractivity (Wildman–Crippen MR) is 108 cm³/mol. The number of carbonyl (C=O) groups excluding carboxylic acids is 1. The van der Waals surface area contributed by atoms with Gasteiger partial charge in [-0.3, -0.25) is 14.9 Å². The van der Waals surface area contributed by atoms with Crippen LogP contribution < -0.4 is 0 Å². The van der Waals surface area contributed by atoms with Gasteiger partial charge in [0.25, 0.3) is 11.6 Å². The summed E-state index contributed by atoms with van der Waals surface area (Å²) in [7, 11) is 0. The van der Waals surface area contributed by atoms with Crippen LogP contribution in [0.5, 0.6) is 0 Å². The molecule has 3 rings (SSSR count). The van der Waals surface area contributed by atoms with Crippen molar-refractivity contribution in [2.45, 2.75) is 13.1 Å². The van der Waals surface area contributed by atoms with Crippen LogP contribution in [0.15, 0.2) is 85.6 Å². The molecule has 0 saturated heterocycles. The summed E-state index contributed by atoms with van der Waals surface area (Å²) in [5.74, 6) is -0.268. The molecular formula is C22H21N3O3. The van der Waals surface area contributed by atoms with E-state index in [-0.39, 0.29) is 17.2 Å². The molecule has 0 radical (unpaired) electrons. The summed E-state index contributed by atoms with van der Waals surface area (Å²) in [5, 5.41) is 11.0. The second-order valence-corrected chi connectivity index (χ2v) is 6.39. The van der Waals surface area contributed by atoms with Gasteiger partial charge in [-0.05, 0) is 23.8 Å². The van der Waals surface area contributed by atoms with Gasteiger partial charge in [-0.2, -0.15) is 0 Å². The average Bonchev–Trinajstić information content (AvgIpc) is 3.14. The number of hydrogen-bond acceptors (Lipinski definition) is 3. The quantitative estimate of drug-likeness (QED) is 0.335. The Morgan fingerprint density at radius 2 is 1.89 bits per heavy atom. The number of benzene rings is 2. The fourth-order valence-corrected chi connectivity index (χ4v) is 3.03. The van der Waals surface area contributed by atoms with Crippen LogP contribution in [0, 0.1) is 10.1 Å². The molecule has 1 amide bonds. The Bertz CT molecular complexity index is 979. The Morgan fingerprint density at radius 1 is 1.11 bits per heavy atom. The minimum Gasteiger partial charge on any atom is -0.345 e. The standard InChI is InChI=1S/C22H21N3O3/c1-2-13-24(22(26)19-10-6-11-20(15-19)25(27)28)17-21-12-7-14-23(21)16-18-8-4-3-5-9-18/h2-12,14-15H,1,13,16-17H2. The maximum atomic E-state index is 13.0. The fourth-order valence-electron chi connectivity index (χ4n) is 3.03. The van der Waals surface area contributed by atoms with E-state index in [1.807, 2.05) is 36.5 Å². The van der Waals surface area contributed by atoms with Crippen molar-refractivity contribution < 1.29 is 9.72 Å². The van der Waals surface area contributed by atoms with E-state index in [1.165, 1.54) is 23.8 Å². The van der Waals surface area contributed by atoms with E-state index in [0.717, 1.165) is 5.69 Å². The first-order valence-electron chi connectivity index (χ1n) is 8.91. The topological polar surface area (TPSA) is 68.4 Å². The molecule has 0 bridgehead atoms. The summed E-state index contributed by atoms with van der Waals surface area (Å²) in [6, 6.07) is 19.8. The smallest absolute Gasteiger partial charge is 0.270 e. The van der Waals surface area contributed by atoms with Crippen molar-refractivity contribution in [3.05, 3.63) is 113 Å². The van der Waals surface area contributed by atoms with Gasteiger partial charge < -0.3 is 9.47 Å². The van der Waals surface area contributed by atoms with Crippen molar-refractivity contribution in [3.8, 4) is 0 Å². The Hall–Kier alpha value is -3.67. The number of nitro groups is 1. The van der Waals surface area contributed by atoms with Crippen molar-refractivity contribution in [1.82, 2.24) is 9.47 Å². The lowest BCUT2D eigenvalue weighted by atomic mass is 10.1. The third-order valence-corrected chi connectivity index (χ3v) is 4.41. The molecule has 142 valence electrons. The van der Waals surface area contributed by atoms with E-state index in [9.17, 15) is 14.9 Å². The first-order chi connectivity index (χ1) is 13.6. The Morgan fingerprint density at radius 3 is 2.61 bits per heavy atom. The van der Waals surface area contributed by atoms with Crippen LogP contribution in [0.4, 0.5) is 5.69 Å². The molecule has 0 saturated carbocycles. The number of amides is 1. The maximum absolute atomic E-state index is 13.0. The number of nitrogens with zero attached hydrogens (tertiary/aromatic N) is 3. The molecular weight excluding hydrogens is 354 g/mol. The van der Waals surface area contributed by atoms with Crippen LogP contribution in [0.2, 0.25) is 0 Å². The summed E-state index contributed by atoms with van der Waals surface area (Å²) in [6.45, 7) is 5.16. The van der Waals surface area contributed by atoms with E-state index in [1.54, 1.807) is 17.0 Å². The molecule has 2 aromatic carbocycles. The van der Waals surface area contributed by atoms with E-state index >= 15 is 0 Å². The highest BCUT2D eigenvalue weighted by molar-refractivity contribution is 5.94. The average molecular weight is 375 g/mol. The van der Waals surface area contributed by atoms with Crippen LogP contribution in [0.25, 0.3) is 0 Å². The summed E-state index contributed by atoms with van der Waals surface area (Å²) in [5.41, 5.74) is 2.33. The predicted octanol–water partition coefficient (Wildman–Crippen LogP) is 4.27. The maximum Gasteiger partial charge on any atom is 0.270 e. The number of aromatic nitrogens is 1. The van der Waals surface area contributed by atoms with Gasteiger partial charge in [0.2, 0.25) is 0 Å². The van der Waals surface area contributed by atoms with Crippen LogP contribution in [0.3, 0.4) is 0 Å². The molecule has 28 heavy (non-hydrogen) atoms. The lowest BCUT2D eigenvalue weighted by molar-refractivity contribution is -0.384. The van der Waals surface area contributed by atoms with Gasteiger partial charge in [-0.1, -0.05) is 42.5 Å². The van der Waals surface area contributed by atoms with Gasteiger partial charge >= 0.3 is 0 Å². The van der Waals surface area contributed by atoms with E-state index in [4.69, 9.17) is 0 Å². The fraction of sp³-hybridized carbons (Fsp3) is 0.136. The largest absolute Gasteiger partial charge is 0.345 e. The van der Waals surface area contributed by atoms with Gasteiger partial charge in [0.1, 0.15) is 0 Å². The molecule has 0 unspecified atom stereocenters. The van der Waals surface area contributed by atoms with Crippen molar-refractivity contribution in [3.63, 3.8) is 0 Å². The number of nitro benzene ring substituents is 1.